The lowest BCUT2D eigenvalue weighted by Crippen LogP contribution is -1.99. The van der Waals surface area contributed by atoms with E-state index in [9.17, 15) is 0 Å². The smallest absolute Gasteiger partial charge is 0.386 e. The molecule has 0 radical (unpaired) electrons. The summed E-state index contributed by atoms with van der Waals surface area (Å²) in [6.07, 6.45) is 13.6. The highest BCUT2D eigenvalue weighted by molar-refractivity contribution is 8.07. The number of hydrogen-bond donors (Lipinski definition) is 0. The van der Waals surface area contributed by atoms with E-state index in [0.29, 0.717) is 0 Å². The SMILES string of the molecule is C#COP(=S)(OC#C)Oc1nc(Cl)c(Cl)cc1Cl.[HH].[HH].[HH].[HH]. The summed E-state index contributed by atoms with van der Waals surface area (Å²) in [6.45, 7) is -3.39. The van der Waals surface area contributed by atoms with Crippen LogP contribution in [0.25, 0.3) is 0 Å². The van der Waals surface area contributed by atoms with E-state index in [1.54, 1.807) is 0 Å². The number of terminal acetylenes is 2. The van der Waals surface area contributed by atoms with Crippen LogP contribution in [-0.4, -0.2) is 4.98 Å². The summed E-state index contributed by atoms with van der Waals surface area (Å²) in [7, 11) is 0. The van der Waals surface area contributed by atoms with Gasteiger partial charge in [0.1, 0.15) is 17.2 Å². The maximum Gasteiger partial charge on any atom is 0.508 e. The average Bonchev–Trinajstić information content (AvgIpc) is 2.26. The van der Waals surface area contributed by atoms with Crippen LogP contribution in [-0.2, 0) is 20.9 Å². The number of hydrogen-bond acceptors (Lipinski definition) is 5. The first-order valence-electron chi connectivity index (χ1n) is 4.01. The molecule has 0 spiro atoms. The number of rotatable bonds is 4. The Kier molecular flexibility index (Phi) is 5.41. The van der Waals surface area contributed by atoms with Crippen molar-refractivity contribution in [1.29, 1.82) is 0 Å². The zero-order valence-corrected chi connectivity index (χ0v) is 12.4. The lowest BCUT2D eigenvalue weighted by atomic mass is 10.5. The van der Waals surface area contributed by atoms with Crippen molar-refractivity contribution in [2.24, 2.45) is 0 Å². The van der Waals surface area contributed by atoms with E-state index in [0.717, 1.165) is 0 Å². The number of aromatic nitrogens is 1. The van der Waals surface area contributed by atoms with Crippen LogP contribution in [0.3, 0.4) is 0 Å². The summed E-state index contributed by atoms with van der Waals surface area (Å²) in [5, 5.41) is 0.178. The van der Waals surface area contributed by atoms with Gasteiger partial charge in [-0.25, -0.2) is 0 Å². The molecule has 0 bridgehead atoms. The monoisotopic (exact) mass is 349 g/mol. The second-order valence-corrected chi connectivity index (χ2v) is 6.46. The third-order valence-corrected chi connectivity index (χ3v) is 4.05. The number of nitrogens with zero attached hydrogens (tertiary/aromatic N) is 1. The summed E-state index contributed by atoms with van der Waals surface area (Å²) >= 11 is 22.1. The highest BCUT2D eigenvalue weighted by Gasteiger charge is 2.26. The van der Waals surface area contributed by atoms with Crippen molar-refractivity contribution >= 4 is 53.3 Å². The fourth-order valence-corrected chi connectivity index (χ4v) is 2.56. The lowest BCUT2D eigenvalue weighted by Gasteiger charge is -2.16. The molecule has 1 aromatic rings. The van der Waals surface area contributed by atoms with Crippen LogP contribution in [0.2, 0.25) is 15.2 Å². The molecule has 0 fully saturated rings. The second-order valence-electron chi connectivity index (χ2n) is 2.50. The fourth-order valence-electron chi connectivity index (χ4n) is 0.783. The minimum atomic E-state index is -3.39. The standard InChI is InChI=1S/C9H3Cl3NO3PS.4H2/c1-3-14-17(18,15-4-2)16-9-7(11)5-6(10)8(12)13-9;;;;/h1-2,5H;4*1H. The maximum absolute atomic E-state index is 5.83. The van der Waals surface area contributed by atoms with Gasteiger partial charge < -0.3 is 13.6 Å². The Morgan fingerprint density at radius 1 is 1.22 bits per heavy atom. The van der Waals surface area contributed by atoms with Gasteiger partial charge in [0.15, 0.2) is 5.15 Å². The van der Waals surface area contributed by atoms with Crippen LogP contribution >= 0.6 is 41.5 Å². The molecule has 0 saturated carbocycles. The molecule has 0 aromatic carbocycles. The Hall–Kier alpha value is -0.810. The molecule has 0 N–H and O–H groups in total. The van der Waals surface area contributed by atoms with E-state index in [-0.39, 0.29) is 26.8 Å². The molecule has 0 saturated heterocycles. The molecular formula is C9H11Cl3NO3PS. The quantitative estimate of drug-likeness (QED) is 0.441. The van der Waals surface area contributed by atoms with Crippen molar-refractivity contribution < 1.29 is 19.3 Å². The predicted octanol–water partition coefficient (Wildman–Crippen LogP) is 4.84. The van der Waals surface area contributed by atoms with E-state index in [1.165, 1.54) is 6.07 Å². The second kappa shape index (κ2) is 6.38. The molecular weight excluding hydrogens is 340 g/mol. The Morgan fingerprint density at radius 2 is 1.78 bits per heavy atom. The Balaban J connectivity index is -0.000000405. The van der Waals surface area contributed by atoms with Crippen molar-refractivity contribution in [3.63, 3.8) is 0 Å². The first kappa shape index (κ1) is 15.2. The van der Waals surface area contributed by atoms with E-state index in [1.807, 2.05) is 12.2 Å². The topological polar surface area (TPSA) is 40.6 Å². The van der Waals surface area contributed by atoms with Crippen molar-refractivity contribution in [3.05, 3.63) is 21.3 Å². The van der Waals surface area contributed by atoms with Crippen molar-refractivity contribution in [1.82, 2.24) is 4.98 Å². The van der Waals surface area contributed by atoms with Crippen LogP contribution in [0.15, 0.2) is 6.07 Å². The van der Waals surface area contributed by atoms with E-state index < -0.39 is 6.72 Å². The third-order valence-electron chi connectivity index (χ3n) is 1.38. The van der Waals surface area contributed by atoms with Gasteiger partial charge in [-0.05, 0) is 6.07 Å². The van der Waals surface area contributed by atoms with Gasteiger partial charge in [0.05, 0.1) is 5.02 Å². The molecule has 4 nitrogen and oxygen atoms in total. The van der Waals surface area contributed by atoms with Gasteiger partial charge in [0, 0.05) is 17.5 Å². The highest BCUT2D eigenvalue weighted by Crippen LogP contribution is 2.50. The van der Waals surface area contributed by atoms with Crippen LogP contribution in [0, 0.1) is 25.1 Å². The fraction of sp³-hybridized carbons (Fsp3) is 0. The third kappa shape index (κ3) is 3.85. The minimum absolute atomic E-state index is 0. The van der Waals surface area contributed by atoms with Gasteiger partial charge in [-0.2, -0.15) is 4.98 Å². The molecule has 0 aliphatic carbocycles. The minimum Gasteiger partial charge on any atom is -0.386 e. The van der Waals surface area contributed by atoms with Gasteiger partial charge in [0.2, 0.25) is 5.88 Å². The summed E-state index contributed by atoms with van der Waals surface area (Å²) in [4.78, 5) is 3.77. The Bertz CT molecular complexity index is 591. The lowest BCUT2D eigenvalue weighted by molar-refractivity contribution is 0.347. The van der Waals surface area contributed by atoms with Crippen LogP contribution in [0.1, 0.15) is 5.71 Å². The van der Waals surface area contributed by atoms with E-state index in [2.05, 4.69) is 4.98 Å². The van der Waals surface area contributed by atoms with Crippen molar-refractivity contribution in [3.8, 4) is 30.9 Å². The highest BCUT2D eigenvalue weighted by atomic mass is 35.5. The zero-order valence-electron chi connectivity index (χ0n) is 8.39. The largest absolute Gasteiger partial charge is 0.508 e. The first-order chi connectivity index (χ1) is 8.41. The molecule has 102 valence electrons. The maximum atomic E-state index is 5.83. The molecule has 1 aromatic heterocycles. The average molecular weight is 351 g/mol. The van der Waals surface area contributed by atoms with E-state index in [4.69, 9.17) is 73.0 Å². The predicted molar refractivity (Wildman–Crippen MR) is 82.5 cm³/mol. The van der Waals surface area contributed by atoms with Crippen molar-refractivity contribution in [2.45, 2.75) is 0 Å². The van der Waals surface area contributed by atoms with Crippen LogP contribution in [0.5, 0.6) is 5.88 Å². The number of pyridine rings is 1. The molecule has 1 rings (SSSR count). The molecule has 0 aliphatic heterocycles. The van der Waals surface area contributed by atoms with Gasteiger partial charge in [0.25, 0.3) is 0 Å². The molecule has 0 amide bonds. The molecule has 0 unspecified atom stereocenters. The molecule has 1 heterocycles. The van der Waals surface area contributed by atoms with Gasteiger partial charge in [-0.3, -0.25) is 0 Å². The van der Waals surface area contributed by atoms with E-state index >= 15 is 0 Å². The molecule has 0 atom stereocenters. The normalized spacial score (nSPS) is 10.1. The van der Waals surface area contributed by atoms with Gasteiger partial charge in [-0.1, -0.05) is 47.6 Å². The summed E-state index contributed by atoms with van der Waals surface area (Å²) in [6, 6.07) is 1.32. The van der Waals surface area contributed by atoms with Crippen LogP contribution < -0.4 is 4.52 Å². The van der Waals surface area contributed by atoms with Gasteiger partial charge in [-0.15, -0.1) is 0 Å². The summed E-state index contributed by atoms with van der Waals surface area (Å²) in [5.41, 5.74) is 0. The summed E-state index contributed by atoms with van der Waals surface area (Å²) in [5.74, 6) is -0.139. The summed E-state index contributed by atoms with van der Waals surface area (Å²) < 4.78 is 14.5. The zero-order chi connectivity index (χ0) is 13.8. The van der Waals surface area contributed by atoms with Gasteiger partial charge >= 0.3 is 6.72 Å². The Labute approximate surface area is 130 Å². The molecule has 0 aliphatic rings. The Morgan fingerprint density at radius 3 is 2.28 bits per heavy atom. The number of halogens is 3. The van der Waals surface area contributed by atoms with Crippen LogP contribution in [0.4, 0.5) is 0 Å². The van der Waals surface area contributed by atoms with Crippen molar-refractivity contribution in [2.75, 3.05) is 0 Å². The first-order valence-corrected chi connectivity index (χ1v) is 7.70. The molecule has 18 heavy (non-hydrogen) atoms. The molecule has 9 heteroatoms.